The predicted octanol–water partition coefficient (Wildman–Crippen LogP) is 3.20. The smallest absolute Gasteiger partial charge is 0.236 e. The fourth-order valence-electron chi connectivity index (χ4n) is 1.14. The summed E-state index contributed by atoms with van der Waals surface area (Å²) < 4.78 is -0.439. The van der Waals surface area contributed by atoms with E-state index in [0.29, 0.717) is 0 Å². The lowest BCUT2D eigenvalue weighted by Crippen LogP contribution is -2.37. The zero-order valence-electron chi connectivity index (χ0n) is 9.94. The number of carbonyl (C=O) groups excluding carboxylic acids is 1. The van der Waals surface area contributed by atoms with Gasteiger partial charge >= 0.3 is 0 Å². The number of hydrogen-bond donors (Lipinski definition) is 1. The van der Waals surface area contributed by atoms with Gasteiger partial charge < -0.3 is 5.32 Å². The van der Waals surface area contributed by atoms with Gasteiger partial charge in [0.25, 0.3) is 0 Å². The highest BCUT2D eigenvalue weighted by molar-refractivity contribution is 9.10. The molecule has 0 saturated heterocycles. The van der Waals surface area contributed by atoms with Crippen molar-refractivity contribution in [3.05, 3.63) is 0 Å². The number of rotatable bonds is 8. The second-order valence-corrected chi connectivity index (χ2v) is 7.10. The third-order valence-corrected chi connectivity index (χ3v) is 3.16. The van der Waals surface area contributed by atoms with Crippen molar-refractivity contribution < 1.29 is 4.79 Å². The Kier molecular flexibility index (Phi) is 8.62. The Bertz CT molecular complexity index is 180. The van der Waals surface area contributed by atoms with E-state index in [-0.39, 0.29) is 5.91 Å². The van der Waals surface area contributed by atoms with Crippen LogP contribution in [0.1, 0.15) is 39.5 Å². The molecule has 0 aromatic carbocycles. The molecule has 1 N–H and O–H groups in total. The fraction of sp³-hybridized carbons (Fsp3) is 0.909. The highest BCUT2D eigenvalue weighted by Gasteiger charge is 2.22. The third-order valence-electron chi connectivity index (χ3n) is 2.10. The van der Waals surface area contributed by atoms with Crippen molar-refractivity contribution in [2.75, 3.05) is 18.6 Å². The van der Waals surface area contributed by atoms with Gasteiger partial charge in [-0.05, 0) is 38.7 Å². The summed E-state index contributed by atoms with van der Waals surface area (Å²) in [4.78, 5) is 11.4. The Morgan fingerprint density at radius 2 is 1.87 bits per heavy atom. The zero-order chi connectivity index (χ0) is 11.7. The molecule has 0 aliphatic rings. The summed E-state index contributed by atoms with van der Waals surface area (Å²) in [7, 11) is 0. The summed E-state index contributed by atoms with van der Waals surface area (Å²) in [5.41, 5.74) is 0. The van der Waals surface area contributed by atoms with Gasteiger partial charge in [0.15, 0.2) is 0 Å². The molecule has 0 rings (SSSR count). The van der Waals surface area contributed by atoms with Crippen LogP contribution in [0.15, 0.2) is 0 Å². The summed E-state index contributed by atoms with van der Waals surface area (Å²) in [6, 6.07) is 0. The Hall–Kier alpha value is 0.300. The van der Waals surface area contributed by atoms with Crippen molar-refractivity contribution in [3.8, 4) is 0 Å². The molecule has 0 aromatic rings. The van der Waals surface area contributed by atoms with Crippen molar-refractivity contribution >= 4 is 33.6 Å². The minimum atomic E-state index is -0.439. The van der Waals surface area contributed by atoms with Gasteiger partial charge in [-0.1, -0.05) is 28.8 Å². The first kappa shape index (κ1) is 15.3. The number of halogens is 1. The number of nitrogens with one attached hydrogen (secondary N) is 1. The van der Waals surface area contributed by atoms with E-state index in [1.54, 1.807) is 0 Å². The van der Waals surface area contributed by atoms with Crippen LogP contribution >= 0.6 is 27.7 Å². The van der Waals surface area contributed by atoms with E-state index in [1.807, 2.05) is 25.6 Å². The molecule has 0 aliphatic heterocycles. The second-order valence-electron chi connectivity index (χ2n) is 4.14. The van der Waals surface area contributed by atoms with Gasteiger partial charge in [-0.2, -0.15) is 11.8 Å². The summed E-state index contributed by atoms with van der Waals surface area (Å²) >= 11 is 5.23. The molecular formula is C11H22BrNOS. The van der Waals surface area contributed by atoms with E-state index in [4.69, 9.17) is 0 Å². The maximum absolute atomic E-state index is 11.4. The molecule has 4 heteroatoms. The molecule has 0 aromatic heterocycles. The fourth-order valence-corrected chi connectivity index (χ4v) is 1.77. The maximum atomic E-state index is 11.4. The third kappa shape index (κ3) is 9.24. The number of alkyl halides is 1. The molecule has 0 saturated carbocycles. The second kappa shape index (κ2) is 8.45. The van der Waals surface area contributed by atoms with Gasteiger partial charge in [0.05, 0.1) is 4.32 Å². The molecule has 0 aliphatic carbocycles. The lowest BCUT2D eigenvalue weighted by molar-refractivity contribution is -0.122. The number of thioether (sulfide) groups is 1. The van der Waals surface area contributed by atoms with Gasteiger partial charge in [-0.3, -0.25) is 4.79 Å². The summed E-state index contributed by atoms with van der Waals surface area (Å²) in [5.74, 6) is 1.33. The summed E-state index contributed by atoms with van der Waals surface area (Å²) in [5, 5.41) is 2.92. The maximum Gasteiger partial charge on any atom is 0.236 e. The first-order chi connectivity index (χ1) is 6.98. The van der Waals surface area contributed by atoms with Crippen LogP contribution < -0.4 is 5.32 Å². The standard InChI is InChI=1S/C11H22BrNOS/c1-11(2,12)10(14)13-8-6-4-5-7-9-15-3/h4-9H2,1-3H3,(H,13,14). The van der Waals surface area contributed by atoms with E-state index in [0.717, 1.165) is 13.0 Å². The molecule has 90 valence electrons. The molecular weight excluding hydrogens is 274 g/mol. The van der Waals surface area contributed by atoms with E-state index < -0.39 is 4.32 Å². The van der Waals surface area contributed by atoms with E-state index in [2.05, 4.69) is 27.5 Å². The summed E-state index contributed by atoms with van der Waals surface area (Å²) in [6.45, 7) is 4.52. The van der Waals surface area contributed by atoms with E-state index in [9.17, 15) is 4.79 Å². The first-order valence-electron chi connectivity index (χ1n) is 5.44. The highest BCUT2D eigenvalue weighted by atomic mass is 79.9. The average Bonchev–Trinajstić information content (AvgIpc) is 2.14. The molecule has 0 bridgehead atoms. The van der Waals surface area contributed by atoms with Gasteiger partial charge in [-0.15, -0.1) is 0 Å². The van der Waals surface area contributed by atoms with Crippen molar-refractivity contribution in [3.63, 3.8) is 0 Å². The Morgan fingerprint density at radius 1 is 1.27 bits per heavy atom. The Balaban J connectivity index is 3.28. The summed E-state index contributed by atoms with van der Waals surface area (Å²) in [6.07, 6.45) is 7.00. The topological polar surface area (TPSA) is 29.1 Å². The molecule has 0 spiro atoms. The monoisotopic (exact) mass is 295 g/mol. The normalized spacial score (nSPS) is 11.5. The molecule has 2 nitrogen and oxygen atoms in total. The van der Waals surface area contributed by atoms with Crippen molar-refractivity contribution in [1.29, 1.82) is 0 Å². The molecule has 0 atom stereocenters. The van der Waals surface area contributed by atoms with Crippen molar-refractivity contribution in [2.45, 2.75) is 43.9 Å². The van der Waals surface area contributed by atoms with Crippen LogP contribution in [0.4, 0.5) is 0 Å². The minimum Gasteiger partial charge on any atom is -0.355 e. The molecule has 0 unspecified atom stereocenters. The number of amides is 1. The lowest BCUT2D eigenvalue weighted by atomic mass is 10.2. The van der Waals surface area contributed by atoms with E-state index in [1.165, 1.54) is 25.0 Å². The first-order valence-corrected chi connectivity index (χ1v) is 7.63. The van der Waals surface area contributed by atoms with Crippen molar-refractivity contribution in [1.82, 2.24) is 5.32 Å². The Labute approximate surface area is 106 Å². The largest absolute Gasteiger partial charge is 0.355 e. The molecule has 0 radical (unpaired) electrons. The molecule has 0 fully saturated rings. The van der Waals surface area contributed by atoms with Crippen LogP contribution in [0.2, 0.25) is 0 Å². The predicted molar refractivity (Wildman–Crippen MR) is 72.9 cm³/mol. The highest BCUT2D eigenvalue weighted by Crippen LogP contribution is 2.15. The van der Waals surface area contributed by atoms with Gasteiger partial charge in [-0.25, -0.2) is 0 Å². The lowest BCUT2D eigenvalue weighted by Gasteiger charge is -2.15. The van der Waals surface area contributed by atoms with Crippen LogP contribution in [0.5, 0.6) is 0 Å². The van der Waals surface area contributed by atoms with Gasteiger partial charge in [0.1, 0.15) is 0 Å². The molecule has 15 heavy (non-hydrogen) atoms. The molecule has 1 amide bonds. The van der Waals surface area contributed by atoms with Crippen LogP contribution in [-0.2, 0) is 4.79 Å². The van der Waals surface area contributed by atoms with Crippen LogP contribution in [0, 0.1) is 0 Å². The molecule has 0 heterocycles. The SMILES string of the molecule is CSCCCCCCNC(=O)C(C)(C)Br. The average molecular weight is 296 g/mol. The van der Waals surface area contributed by atoms with Crippen LogP contribution in [0.3, 0.4) is 0 Å². The van der Waals surface area contributed by atoms with Crippen LogP contribution in [-0.4, -0.2) is 28.8 Å². The van der Waals surface area contributed by atoms with Crippen molar-refractivity contribution in [2.24, 2.45) is 0 Å². The number of hydrogen-bond acceptors (Lipinski definition) is 2. The quantitative estimate of drug-likeness (QED) is 0.550. The van der Waals surface area contributed by atoms with Gasteiger partial charge in [0.2, 0.25) is 5.91 Å². The number of carbonyl (C=O) groups is 1. The number of unbranched alkanes of at least 4 members (excludes halogenated alkanes) is 3. The van der Waals surface area contributed by atoms with E-state index >= 15 is 0 Å². The van der Waals surface area contributed by atoms with Crippen LogP contribution in [0.25, 0.3) is 0 Å². The van der Waals surface area contributed by atoms with Gasteiger partial charge in [0, 0.05) is 6.54 Å². The Morgan fingerprint density at radius 3 is 2.40 bits per heavy atom. The zero-order valence-corrected chi connectivity index (χ0v) is 12.3. The minimum absolute atomic E-state index is 0.0756.